The number of benzene rings is 1. The van der Waals surface area contributed by atoms with Gasteiger partial charge in [0.1, 0.15) is 0 Å². The van der Waals surface area contributed by atoms with Crippen LogP contribution in [0.1, 0.15) is 30.1 Å². The van der Waals surface area contributed by atoms with Gasteiger partial charge in [-0.15, -0.1) is 0 Å². The molecular formula is C16H20N2O7. The molecule has 0 aliphatic carbocycles. The standard InChI is InChI=1S/C16H20N2O7/c1-2-23-14-6-5-11(8-13(14)18(21)22)16(20)25-10-15(19)17-9-12-4-3-7-24-12/h5-6,8,12H,2-4,7,9-10H2,1H3,(H,17,19)/t12-/m0/s1. The Morgan fingerprint density at radius 3 is 2.88 bits per heavy atom. The Balaban J connectivity index is 1.88. The lowest BCUT2D eigenvalue weighted by Crippen LogP contribution is -2.34. The summed E-state index contributed by atoms with van der Waals surface area (Å²) in [5, 5.41) is 13.7. The van der Waals surface area contributed by atoms with Crippen molar-refractivity contribution in [3.05, 3.63) is 33.9 Å². The second-order valence-electron chi connectivity index (χ2n) is 5.39. The third kappa shape index (κ3) is 5.42. The summed E-state index contributed by atoms with van der Waals surface area (Å²) in [7, 11) is 0. The number of carbonyl (C=O) groups is 2. The monoisotopic (exact) mass is 352 g/mol. The van der Waals surface area contributed by atoms with Gasteiger partial charge in [0, 0.05) is 19.2 Å². The van der Waals surface area contributed by atoms with Gasteiger partial charge in [-0.25, -0.2) is 4.79 Å². The summed E-state index contributed by atoms with van der Waals surface area (Å²) in [6, 6.07) is 3.75. The molecular weight excluding hydrogens is 332 g/mol. The zero-order chi connectivity index (χ0) is 18.2. The topological polar surface area (TPSA) is 117 Å². The molecule has 1 N–H and O–H groups in total. The predicted octanol–water partition coefficient (Wildman–Crippen LogP) is 1.45. The lowest BCUT2D eigenvalue weighted by Gasteiger charge is -2.11. The molecule has 1 saturated heterocycles. The predicted molar refractivity (Wildman–Crippen MR) is 86.5 cm³/mol. The highest BCUT2D eigenvalue weighted by atomic mass is 16.6. The first-order valence-corrected chi connectivity index (χ1v) is 7.98. The molecule has 0 radical (unpaired) electrons. The van der Waals surface area contributed by atoms with Crippen LogP contribution in [0.5, 0.6) is 5.75 Å². The Morgan fingerprint density at radius 1 is 1.44 bits per heavy atom. The molecule has 0 unspecified atom stereocenters. The minimum Gasteiger partial charge on any atom is -0.487 e. The quantitative estimate of drug-likeness (QED) is 0.427. The van der Waals surface area contributed by atoms with Gasteiger partial charge in [0.2, 0.25) is 0 Å². The van der Waals surface area contributed by atoms with Gasteiger partial charge in [-0.1, -0.05) is 0 Å². The van der Waals surface area contributed by atoms with Gasteiger partial charge in [0.05, 0.1) is 23.2 Å². The maximum absolute atomic E-state index is 12.0. The van der Waals surface area contributed by atoms with Crippen LogP contribution in [0.25, 0.3) is 0 Å². The Morgan fingerprint density at radius 2 is 2.24 bits per heavy atom. The molecule has 1 aromatic carbocycles. The number of hydrogen-bond donors (Lipinski definition) is 1. The third-order valence-corrected chi connectivity index (χ3v) is 3.58. The molecule has 1 amide bonds. The first-order valence-electron chi connectivity index (χ1n) is 7.98. The summed E-state index contributed by atoms with van der Waals surface area (Å²) in [4.78, 5) is 34.0. The molecule has 1 heterocycles. The van der Waals surface area contributed by atoms with Crippen molar-refractivity contribution < 1.29 is 28.7 Å². The molecule has 136 valence electrons. The SMILES string of the molecule is CCOc1ccc(C(=O)OCC(=O)NC[C@@H]2CCCO2)cc1[N+](=O)[O-]. The van der Waals surface area contributed by atoms with Gasteiger partial charge in [0.25, 0.3) is 5.91 Å². The van der Waals surface area contributed by atoms with Gasteiger partial charge in [-0.2, -0.15) is 0 Å². The number of nitro groups is 1. The number of hydrogen-bond acceptors (Lipinski definition) is 7. The summed E-state index contributed by atoms with van der Waals surface area (Å²) < 4.78 is 15.4. The Labute approximate surface area is 144 Å². The first kappa shape index (κ1) is 18.7. The van der Waals surface area contributed by atoms with Crippen LogP contribution < -0.4 is 10.1 Å². The van der Waals surface area contributed by atoms with E-state index < -0.39 is 23.4 Å². The molecule has 25 heavy (non-hydrogen) atoms. The lowest BCUT2D eigenvalue weighted by atomic mass is 10.2. The number of esters is 1. The number of ether oxygens (including phenoxy) is 3. The molecule has 0 aromatic heterocycles. The van der Waals surface area contributed by atoms with E-state index in [9.17, 15) is 19.7 Å². The smallest absolute Gasteiger partial charge is 0.338 e. The van der Waals surface area contributed by atoms with E-state index in [4.69, 9.17) is 14.2 Å². The van der Waals surface area contributed by atoms with E-state index in [1.165, 1.54) is 12.1 Å². The molecule has 9 heteroatoms. The van der Waals surface area contributed by atoms with Crippen molar-refractivity contribution in [2.75, 3.05) is 26.4 Å². The summed E-state index contributed by atoms with van der Waals surface area (Å²) in [6.07, 6.45) is 1.84. The largest absolute Gasteiger partial charge is 0.487 e. The van der Waals surface area contributed by atoms with Crippen LogP contribution in [-0.4, -0.2) is 49.3 Å². The van der Waals surface area contributed by atoms with Crippen LogP contribution in [0.3, 0.4) is 0 Å². The molecule has 1 aliphatic rings. The fourth-order valence-corrected chi connectivity index (χ4v) is 2.36. The average Bonchev–Trinajstić information content (AvgIpc) is 3.11. The molecule has 2 rings (SSSR count). The third-order valence-electron chi connectivity index (χ3n) is 3.58. The second kappa shape index (κ2) is 8.97. The molecule has 1 fully saturated rings. The molecule has 1 aliphatic heterocycles. The summed E-state index contributed by atoms with van der Waals surface area (Å²) in [6.45, 7) is 2.54. The number of nitrogens with zero attached hydrogens (tertiary/aromatic N) is 1. The van der Waals surface area contributed by atoms with Crippen LogP contribution in [0.4, 0.5) is 5.69 Å². The van der Waals surface area contributed by atoms with Crippen molar-refractivity contribution in [3.8, 4) is 5.75 Å². The fourth-order valence-electron chi connectivity index (χ4n) is 2.36. The minimum atomic E-state index is -0.821. The van der Waals surface area contributed by atoms with Crippen molar-refractivity contribution in [2.24, 2.45) is 0 Å². The van der Waals surface area contributed by atoms with E-state index in [0.717, 1.165) is 18.9 Å². The van der Waals surface area contributed by atoms with E-state index in [-0.39, 0.29) is 29.7 Å². The molecule has 0 bridgehead atoms. The highest BCUT2D eigenvalue weighted by molar-refractivity contribution is 5.92. The van der Waals surface area contributed by atoms with Gasteiger partial charge < -0.3 is 19.5 Å². The highest BCUT2D eigenvalue weighted by Gasteiger charge is 2.20. The molecule has 0 saturated carbocycles. The Bertz CT molecular complexity index is 641. The van der Waals surface area contributed by atoms with Gasteiger partial charge in [0.15, 0.2) is 12.4 Å². The zero-order valence-electron chi connectivity index (χ0n) is 13.9. The number of rotatable bonds is 8. The van der Waals surface area contributed by atoms with Crippen LogP contribution in [0, 0.1) is 10.1 Å². The van der Waals surface area contributed by atoms with Gasteiger partial charge in [-0.05, 0) is 31.9 Å². The maximum atomic E-state index is 12.0. The van der Waals surface area contributed by atoms with Gasteiger partial charge >= 0.3 is 11.7 Å². The lowest BCUT2D eigenvalue weighted by molar-refractivity contribution is -0.385. The summed E-state index contributed by atoms with van der Waals surface area (Å²) in [5.74, 6) is -1.21. The molecule has 9 nitrogen and oxygen atoms in total. The number of nitrogens with one attached hydrogen (secondary N) is 1. The van der Waals surface area contributed by atoms with E-state index in [1.54, 1.807) is 6.92 Å². The second-order valence-corrected chi connectivity index (χ2v) is 5.39. The number of amides is 1. The van der Waals surface area contributed by atoms with Crippen molar-refractivity contribution >= 4 is 17.6 Å². The van der Waals surface area contributed by atoms with Crippen LogP contribution in [-0.2, 0) is 14.3 Å². The normalized spacial score (nSPS) is 16.3. The van der Waals surface area contributed by atoms with E-state index in [0.29, 0.717) is 13.2 Å². The summed E-state index contributed by atoms with van der Waals surface area (Å²) in [5.41, 5.74) is -0.360. The van der Waals surface area contributed by atoms with E-state index >= 15 is 0 Å². The molecule has 1 aromatic rings. The molecule has 1 atom stereocenters. The summed E-state index contributed by atoms with van der Waals surface area (Å²) >= 11 is 0. The maximum Gasteiger partial charge on any atom is 0.338 e. The first-order chi connectivity index (χ1) is 12.0. The average molecular weight is 352 g/mol. The molecule has 0 spiro atoms. The number of nitro benzene ring substituents is 1. The van der Waals surface area contributed by atoms with Crippen molar-refractivity contribution in [2.45, 2.75) is 25.9 Å². The van der Waals surface area contributed by atoms with Crippen LogP contribution in [0.15, 0.2) is 18.2 Å². The Kier molecular flexibility index (Phi) is 6.70. The number of carbonyl (C=O) groups excluding carboxylic acids is 2. The van der Waals surface area contributed by atoms with Gasteiger partial charge in [-0.3, -0.25) is 14.9 Å². The van der Waals surface area contributed by atoms with Crippen molar-refractivity contribution in [1.82, 2.24) is 5.32 Å². The highest BCUT2D eigenvalue weighted by Crippen LogP contribution is 2.28. The van der Waals surface area contributed by atoms with Crippen LogP contribution in [0.2, 0.25) is 0 Å². The van der Waals surface area contributed by atoms with Crippen LogP contribution >= 0.6 is 0 Å². The van der Waals surface area contributed by atoms with Crippen molar-refractivity contribution in [1.29, 1.82) is 0 Å². The van der Waals surface area contributed by atoms with E-state index in [1.807, 2.05) is 0 Å². The zero-order valence-corrected chi connectivity index (χ0v) is 13.9. The van der Waals surface area contributed by atoms with Crippen molar-refractivity contribution in [3.63, 3.8) is 0 Å². The van der Waals surface area contributed by atoms with E-state index in [2.05, 4.69) is 5.32 Å². The Hall–Kier alpha value is -2.68. The fraction of sp³-hybridized carbons (Fsp3) is 0.500. The minimum absolute atomic E-state index is 0.00610.